The quantitative estimate of drug-likeness (QED) is 0.909. The van der Waals surface area contributed by atoms with E-state index in [1.165, 1.54) is 19.2 Å². The third-order valence-electron chi connectivity index (χ3n) is 3.97. The lowest BCUT2D eigenvalue weighted by atomic mass is 10.1. The maximum absolute atomic E-state index is 13.8. The maximum atomic E-state index is 13.8. The molecule has 1 N–H and O–H groups in total. The fraction of sp³-hybridized carbons (Fsp3) is 0.529. The van der Waals surface area contributed by atoms with Crippen LogP contribution in [0, 0.1) is 5.82 Å². The Morgan fingerprint density at radius 1 is 1.22 bits per heavy atom. The zero-order chi connectivity index (χ0) is 16.7. The molecule has 0 spiro atoms. The summed E-state index contributed by atoms with van der Waals surface area (Å²) in [6.07, 6.45) is 4.16. The number of benzene rings is 1. The number of carbonyl (C=O) groups excluding carboxylic acids is 2. The number of nitrogens with zero attached hydrogens (tertiary/aromatic N) is 1. The van der Waals surface area contributed by atoms with Gasteiger partial charge >= 0.3 is 0 Å². The van der Waals surface area contributed by atoms with Crippen LogP contribution in [0.15, 0.2) is 18.2 Å². The van der Waals surface area contributed by atoms with Crippen molar-refractivity contribution in [2.45, 2.75) is 32.1 Å². The van der Waals surface area contributed by atoms with Gasteiger partial charge in [-0.25, -0.2) is 4.39 Å². The SMILES string of the molecule is COc1ccc(C(=O)N2CCCCCCNC(=O)CC2)cc1F. The van der Waals surface area contributed by atoms with Gasteiger partial charge < -0.3 is 15.0 Å². The fourth-order valence-corrected chi connectivity index (χ4v) is 2.63. The van der Waals surface area contributed by atoms with Crippen molar-refractivity contribution >= 4 is 11.8 Å². The first kappa shape index (κ1) is 17.2. The smallest absolute Gasteiger partial charge is 0.253 e. The van der Waals surface area contributed by atoms with E-state index in [2.05, 4.69) is 5.32 Å². The second-order valence-corrected chi connectivity index (χ2v) is 5.66. The van der Waals surface area contributed by atoms with E-state index in [4.69, 9.17) is 4.74 Å². The molecule has 0 aliphatic carbocycles. The molecule has 0 atom stereocenters. The van der Waals surface area contributed by atoms with E-state index >= 15 is 0 Å². The fourth-order valence-electron chi connectivity index (χ4n) is 2.63. The van der Waals surface area contributed by atoms with Gasteiger partial charge in [0, 0.05) is 31.6 Å². The summed E-state index contributed by atoms with van der Waals surface area (Å²) in [5.41, 5.74) is 0.276. The van der Waals surface area contributed by atoms with Gasteiger partial charge in [-0.15, -0.1) is 0 Å². The Balaban J connectivity index is 2.10. The van der Waals surface area contributed by atoms with Gasteiger partial charge in [0.15, 0.2) is 11.6 Å². The van der Waals surface area contributed by atoms with Crippen LogP contribution in [0.4, 0.5) is 4.39 Å². The second-order valence-electron chi connectivity index (χ2n) is 5.66. The van der Waals surface area contributed by atoms with Crippen molar-refractivity contribution in [3.63, 3.8) is 0 Å². The topological polar surface area (TPSA) is 58.6 Å². The minimum Gasteiger partial charge on any atom is -0.494 e. The van der Waals surface area contributed by atoms with E-state index in [9.17, 15) is 14.0 Å². The number of hydrogen-bond acceptors (Lipinski definition) is 3. The monoisotopic (exact) mass is 322 g/mol. The predicted octanol–water partition coefficient (Wildman–Crippen LogP) is 2.36. The molecule has 1 aliphatic rings. The summed E-state index contributed by atoms with van der Waals surface area (Å²) in [4.78, 5) is 26.0. The summed E-state index contributed by atoms with van der Waals surface area (Å²) >= 11 is 0. The van der Waals surface area contributed by atoms with Crippen LogP contribution in [-0.2, 0) is 4.79 Å². The van der Waals surface area contributed by atoms with Crippen LogP contribution in [0.3, 0.4) is 0 Å². The van der Waals surface area contributed by atoms with Crippen LogP contribution in [0.2, 0.25) is 0 Å². The highest BCUT2D eigenvalue weighted by atomic mass is 19.1. The number of carbonyl (C=O) groups is 2. The van der Waals surface area contributed by atoms with Crippen molar-refractivity contribution in [3.8, 4) is 5.75 Å². The summed E-state index contributed by atoms with van der Waals surface area (Å²) in [5, 5.41) is 2.85. The van der Waals surface area contributed by atoms with Crippen LogP contribution >= 0.6 is 0 Å². The number of amides is 2. The lowest BCUT2D eigenvalue weighted by Crippen LogP contribution is -2.35. The molecule has 1 heterocycles. The van der Waals surface area contributed by atoms with Crippen LogP contribution in [0.5, 0.6) is 5.75 Å². The molecule has 23 heavy (non-hydrogen) atoms. The van der Waals surface area contributed by atoms with E-state index < -0.39 is 5.82 Å². The molecular weight excluding hydrogens is 299 g/mol. The van der Waals surface area contributed by atoms with Gasteiger partial charge in [-0.1, -0.05) is 12.8 Å². The molecule has 0 unspecified atom stereocenters. The average molecular weight is 322 g/mol. The van der Waals surface area contributed by atoms with E-state index in [0.29, 0.717) is 19.6 Å². The minimum absolute atomic E-state index is 0.0504. The van der Waals surface area contributed by atoms with E-state index in [-0.39, 0.29) is 29.5 Å². The molecule has 1 fully saturated rings. The molecule has 5 nitrogen and oxygen atoms in total. The molecule has 0 aromatic heterocycles. The van der Waals surface area contributed by atoms with Gasteiger partial charge in [-0.3, -0.25) is 9.59 Å². The Morgan fingerprint density at radius 2 is 2.00 bits per heavy atom. The molecule has 2 amide bonds. The largest absolute Gasteiger partial charge is 0.494 e. The highest BCUT2D eigenvalue weighted by molar-refractivity contribution is 5.94. The maximum Gasteiger partial charge on any atom is 0.253 e. The lowest BCUT2D eigenvalue weighted by molar-refractivity contribution is -0.121. The highest BCUT2D eigenvalue weighted by Gasteiger charge is 2.18. The number of nitrogens with one attached hydrogen (secondary N) is 1. The number of hydrogen-bond donors (Lipinski definition) is 1. The Hall–Kier alpha value is -2.11. The van der Waals surface area contributed by atoms with Gasteiger partial charge in [0.25, 0.3) is 5.91 Å². The number of rotatable bonds is 2. The first-order valence-corrected chi connectivity index (χ1v) is 8.01. The average Bonchev–Trinajstić information content (AvgIpc) is 2.60. The zero-order valence-corrected chi connectivity index (χ0v) is 13.4. The van der Waals surface area contributed by atoms with E-state index in [0.717, 1.165) is 25.7 Å². The minimum atomic E-state index is -0.561. The first-order valence-electron chi connectivity index (χ1n) is 8.01. The third-order valence-corrected chi connectivity index (χ3v) is 3.97. The standard InChI is InChI=1S/C17H23FN2O3/c1-23-15-7-6-13(12-14(15)18)17(22)20-10-5-3-2-4-9-19-16(21)8-11-20/h6-7,12H,2-5,8-11H2,1H3,(H,19,21). The Kier molecular flexibility index (Phi) is 6.38. The van der Waals surface area contributed by atoms with Crippen molar-refractivity contribution in [1.82, 2.24) is 10.2 Å². The molecule has 2 rings (SSSR count). The number of halogens is 1. The molecule has 1 aromatic rings. The van der Waals surface area contributed by atoms with Crippen molar-refractivity contribution in [2.75, 3.05) is 26.7 Å². The molecule has 6 heteroatoms. The van der Waals surface area contributed by atoms with E-state index in [1.807, 2.05) is 0 Å². The molecule has 126 valence electrons. The molecule has 0 bridgehead atoms. The summed E-state index contributed by atoms with van der Waals surface area (Å²) < 4.78 is 18.7. The predicted molar refractivity (Wildman–Crippen MR) is 85.0 cm³/mol. The summed E-state index contributed by atoms with van der Waals surface area (Å²) in [6, 6.07) is 4.18. The third kappa shape index (κ3) is 4.94. The van der Waals surface area contributed by atoms with Gasteiger partial charge in [0.2, 0.25) is 5.91 Å². The first-order chi connectivity index (χ1) is 11.1. The summed E-state index contributed by atoms with van der Waals surface area (Å²) in [5.74, 6) is -0.753. The number of ether oxygens (including phenoxy) is 1. The van der Waals surface area contributed by atoms with Crippen LogP contribution in [0.1, 0.15) is 42.5 Å². The summed E-state index contributed by atoms with van der Waals surface area (Å²) in [7, 11) is 1.38. The van der Waals surface area contributed by atoms with Gasteiger partial charge in [-0.2, -0.15) is 0 Å². The van der Waals surface area contributed by atoms with Gasteiger partial charge in [0.1, 0.15) is 0 Å². The zero-order valence-electron chi connectivity index (χ0n) is 13.4. The summed E-state index contributed by atoms with van der Waals surface area (Å²) in [6.45, 7) is 1.62. The lowest BCUT2D eigenvalue weighted by Gasteiger charge is -2.22. The molecule has 1 saturated heterocycles. The highest BCUT2D eigenvalue weighted by Crippen LogP contribution is 2.19. The Bertz CT molecular complexity index is 563. The van der Waals surface area contributed by atoms with Crippen LogP contribution in [0.25, 0.3) is 0 Å². The van der Waals surface area contributed by atoms with Crippen molar-refractivity contribution in [3.05, 3.63) is 29.6 Å². The van der Waals surface area contributed by atoms with Crippen molar-refractivity contribution in [2.24, 2.45) is 0 Å². The molecule has 1 aliphatic heterocycles. The Morgan fingerprint density at radius 3 is 2.74 bits per heavy atom. The Labute approximate surface area is 135 Å². The second kappa shape index (κ2) is 8.50. The molecule has 0 saturated carbocycles. The molecule has 1 aromatic carbocycles. The van der Waals surface area contributed by atoms with Gasteiger partial charge in [0.05, 0.1) is 7.11 Å². The van der Waals surface area contributed by atoms with Crippen molar-refractivity contribution in [1.29, 1.82) is 0 Å². The number of methoxy groups -OCH3 is 1. The van der Waals surface area contributed by atoms with Crippen molar-refractivity contribution < 1.29 is 18.7 Å². The van der Waals surface area contributed by atoms with E-state index in [1.54, 1.807) is 11.0 Å². The van der Waals surface area contributed by atoms with Gasteiger partial charge in [-0.05, 0) is 31.0 Å². The molecular formula is C17H23FN2O3. The normalized spacial score (nSPS) is 17.1. The van der Waals surface area contributed by atoms with Crippen LogP contribution < -0.4 is 10.1 Å². The van der Waals surface area contributed by atoms with Crippen LogP contribution in [-0.4, -0.2) is 43.5 Å². The molecule has 0 radical (unpaired) electrons.